The van der Waals surface area contributed by atoms with Gasteiger partial charge in [-0.2, -0.15) is 4.98 Å². The van der Waals surface area contributed by atoms with Gasteiger partial charge in [-0.15, -0.1) is 0 Å². The highest BCUT2D eigenvalue weighted by molar-refractivity contribution is 6.29. The van der Waals surface area contributed by atoms with Crippen LogP contribution < -0.4 is 11.1 Å². The average molecular weight is 334 g/mol. The molecule has 1 aliphatic rings. The number of nitrogens with zero attached hydrogens (tertiary/aromatic N) is 3. The molecule has 6 nitrogen and oxygen atoms in total. The Morgan fingerprint density at radius 3 is 2.65 bits per heavy atom. The molecule has 23 heavy (non-hydrogen) atoms. The number of hydrogen-bond donors (Lipinski definition) is 2. The zero-order chi connectivity index (χ0) is 16.1. The summed E-state index contributed by atoms with van der Waals surface area (Å²) in [6.45, 7) is 5.14. The van der Waals surface area contributed by atoms with Crippen molar-refractivity contribution >= 4 is 23.4 Å². The van der Waals surface area contributed by atoms with Gasteiger partial charge in [0.25, 0.3) is 0 Å². The minimum atomic E-state index is 0.168. The molecule has 1 saturated heterocycles. The maximum atomic E-state index is 5.90. The summed E-state index contributed by atoms with van der Waals surface area (Å²) >= 11 is 5.90. The van der Waals surface area contributed by atoms with E-state index in [9.17, 15) is 0 Å². The lowest BCUT2D eigenvalue weighted by molar-refractivity contribution is 0.0341. The summed E-state index contributed by atoms with van der Waals surface area (Å²) in [7, 11) is 0. The van der Waals surface area contributed by atoms with Crippen LogP contribution in [-0.2, 0) is 17.8 Å². The predicted octanol–water partition coefficient (Wildman–Crippen LogP) is 2.16. The van der Waals surface area contributed by atoms with Crippen molar-refractivity contribution in [3.63, 3.8) is 0 Å². The summed E-state index contributed by atoms with van der Waals surface area (Å²) in [6.07, 6.45) is 0. The molecular formula is C16H20ClN5O. The van der Waals surface area contributed by atoms with E-state index in [1.54, 1.807) is 6.07 Å². The summed E-state index contributed by atoms with van der Waals surface area (Å²) in [5, 5.41) is 3.60. The number of aromatic nitrogens is 2. The Morgan fingerprint density at radius 2 is 1.91 bits per heavy atom. The molecule has 1 fully saturated rings. The van der Waals surface area contributed by atoms with E-state index in [0.29, 0.717) is 17.5 Å². The van der Waals surface area contributed by atoms with Gasteiger partial charge in [-0.3, -0.25) is 4.90 Å². The second-order valence-electron chi connectivity index (χ2n) is 5.44. The third-order valence-corrected chi connectivity index (χ3v) is 3.98. The van der Waals surface area contributed by atoms with Gasteiger partial charge in [0.15, 0.2) is 0 Å². The number of ether oxygens (including phenoxy) is 1. The van der Waals surface area contributed by atoms with Gasteiger partial charge in [0, 0.05) is 32.2 Å². The second kappa shape index (κ2) is 7.59. The Labute approximate surface area is 140 Å². The number of rotatable bonds is 5. The molecule has 0 radical (unpaired) electrons. The molecule has 1 aromatic carbocycles. The number of morpholine rings is 1. The van der Waals surface area contributed by atoms with Gasteiger partial charge < -0.3 is 15.8 Å². The van der Waals surface area contributed by atoms with Crippen molar-refractivity contribution in [1.29, 1.82) is 0 Å². The van der Waals surface area contributed by atoms with Crippen LogP contribution in [0.1, 0.15) is 11.1 Å². The summed E-state index contributed by atoms with van der Waals surface area (Å²) in [6, 6.07) is 10.1. The van der Waals surface area contributed by atoms with Crippen LogP contribution in [0.25, 0.3) is 0 Å². The number of halogens is 1. The van der Waals surface area contributed by atoms with E-state index in [1.807, 2.05) is 6.07 Å². The molecule has 7 heteroatoms. The normalized spacial score (nSPS) is 15.5. The van der Waals surface area contributed by atoms with Crippen LogP contribution in [0.15, 0.2) is 30.3 Å². The van der Waals surface area contributed by atoms with Crippen molar-refractivity contribution in [2.24, 2.45) is 0 Å². The molecule has 3 N–H and O–H groups in total. The van der Waals surface area contributed by atoms with Crippen molar-refractivity contribution in [2.75, 3.05) is 37.4 Å². The monoisotopic (exact) mass is 333 g/mol. The third-order valence-electron chi connectivity index (χ3n) is 3.79. The number of anilines is 2. The quantitative estimate of drug-likeness (QED) is 0.817. The highest BCUT2D eigenvalue weighted by atomic mass is 35.5. The van der Waals surface area contributed by atoms with Crippen LogP contribution in [0.5, 0.6) is 0 Å². The van der Waals surface area contributed by atoms with Gasteiger partial charge in [0.2, 0.25) is 5.95 Å². The molecular weight excluding hydrogens is 314 g/mol. The number of hydrogen-bond acceptors (Lipinski definition) is 6. The summed E-state index contributed by atoms with van der Waals surface area (Å²) in [5.74, 6) is 0.797. The first-order chi connectivity index (χ1) is 11.2. The smallest absolute Gasteiger partial charge is 0.223 e. The van der Waals surface area contributed by atoms with Gasteiger partial charge in [-0.1, -0.05) is 35.9 Å². The molecule has 0 atom stereocenters. The van der Waals surface area contributed by atoms with E-state index in [0.717, 1.165) is 32.8 Å². The Kier molecular flexibility index (Phi) is 5.27. The fourth-order valence-electron chi connectivity index (χ4n) is 2.60. The Morgan fingerprint density at radius 1 is 1.17 bits per heavy atom. The molecule has 1 aromatic heterocycles. The lowest BCUT2D eigenvalue weighted by atomic mass is 10.1. The number of nitrogens with one attached hydrogen (secondary N) is 1. The molecule has 0 unspecified atom stereocenters. The summed E-state index contributed by atoms with van der Waals surface area (Å²) < 4.78 is 5.40. The molecule has 2 heterocycles. The molecule has 0 amide bonds. The van der Waals surface area contributed by atoms with E-state index < -0.39 is 0 Å². The third kappa shape index (κ3) is 4.54. The topological polar surface area (TPSA) is 76.3 Å². The zero-order valence-electron chi connectivity index (χ0n) is 12.8. The van der Waals surface area contributed by atoms with Gasteiger partial charge >= 0.3 is 0 Å². The lowest BCUT2D eigenvalue weighted by Gasteiger charge is -2.27. The minimum Gasteiger partial charge on any atom is -0.379 e. The first-order valence-corrected chi connectivity index (χ1v) is 7.99. The van der Waals surface area contributed by atoms with Crippen LogP contribution in [0, 0.1) is 0 Å². The number of nitrogen functional groups attached to an aromatic ring is 1. The highest BCUT2D eigenvalue weighted by Crippen LogP contribution is 2.17. The Bertz CT molecular complexity index is 640. The van der Waals surface area contributed by atoms with Gasteiger partial charge in [-0.25, -0.2) is 4.98 Å². The maximum Gasteiger partial charge on any atom is 0.223 e. The highest BCUT2D eigenvalue weighted by Gasteiger charge is 2.12. The molecule has 122 valence electrons. The Balaban J connectivity index is 1.67. The SMILES string of the molecule is Nc1nc(Cl)cc(NCc2ccccc2CN2CCOCC2)n1. The van der Waals surface area contributed by atoms with E-state index in [-0.39, 0.29) is 5.95 Å². The predicted molar refractivity (Wildman–Crippen MR) is 91.3 cm³/mol. The van der Waals surface area contributed by atoms with E-state index in [1.165, 1.54) is 11.1 Å². The van der Waals surface area contributed by atoms with Crippen LogP contribution in [0.4, 0.5) is 11.8 Å². The molecule has 2 aromatic rings. The largest absolute Gasteiger partial charge is 0.379 e. The average Bonchev–Trinajstić information content (AvgIpc) is 2.54. The standard InChI is InChI=1S/C16H20ClN5O/c17-14-9-15(21-16(18)20-14)19-10-12-3-1-2-4-13(12)11-22-5-7-23-8-6-22/h1-4,9H,5-8,10-11H2,(H3,18,19,20,21). The summed E-state index contributed by atoms with van der Waals surface area (Å²) in [4.78, 5) is 10.4. The van der Waals surface area contributed by atoms with Crippen molar-refractivity contribution in [3.05, 3.63) is 46.6 Å². The summed E-state index contributed by atoms with van der Waals surface area (Å²) in [5.41, 5.74) is 8.15. The fourth-order valence-corrected chi connectivity index (χ4v) is 2.79. The van der Waals surface area contributed by atoms with Crippen LogP contribution in [0.3, 0.4) is 0 Å². The molecule has 0 spiro atoms. The molecule has 0 bridgehead atoms. The molecule has 0 aliphatic carbocycles. The van der Waals surface area contributed by atoms with Crippen molar-refractivity contribution < 1.29 is 4.74 Å². The van der Waals surface area contributed by atoms with Crippen molar-refractivity contribution in [1.82, 2.24) is 14.9 Å². The van der Waals surface area contributed by atoms with E-state index in [2.05, 4.69) is 38.4 Å². The van der Waals surface area contributed by atoms with Crippen molar-refractivity contribution in [2.45, 2.75) is 13.1 Å². The van der Waals surface area contributed by atoms with E-state index in [4.69, 9.17) is 22.1 Å². The van der Waals surface area contributed by atoms with Crippen LogP contribution in [0.2, 0.25) is 5.15 Å². The minimum absolute atomic E-state index is 0.168. The van der Waals surface area contributed by atoms with E-state index >= 15 is 0 Å². The van der Waals surface area contributed by atoms with Gasteiger partial charge in [-0.05, 0) is 11.1 Å². The zero-order valence-corrected chi connectivity index (χ0v) is 13.6. The first-order valence-electron chi connectivity index (χ1n) is 7.61. The fraction of sp³-hybridized carbons (Fsp3) is 0.375. The molecule has 1 aliphatic heterocycles. The van der Waals surface area contributed by atoms with Gasteiger partial charge in [0.05, 0.1) is 13.2 Å². The van der Waals surface area contributed by atoms with Crippen LogP contribution >= 0.6 is 11.6 Å². The maximum absolute atomic E-state index is 5.90. The molecule has 0 saturated carbocycles. The number of nitrogens with two attached hydrogens (primary N) is 1. The lowest BCUT2D eigenvalue weighted by Crippen LogP contribution is -2.35. The van der Waals surface area contributed by atoms with Crippen LogP contribution in [-0.4, -0.2) is 41.2 Å². The van der Waals surface area contributed by atoms with Crippen molar-refractivity contribution in [3.8, 4) is 0 Å². The molecule has 3 rings (SSSR count). The second-order valence-corrected chi connectivity index (χ2v) is 5.83. The number of benzene rings is 1. The Hall–Kier alpha value is -1.89. The first kappa shape index (κ1) is 16.0. The van der Waals surface area contributed by atoms with Gasteiger partial charge in [0.1, 0.15) is 11.0 Å².